The molecule has 0 radical (unpaired) electrons. The standard InChI is InChI=1S/C14H20O/c1-2-3-4-11-7-12(10-15)9-14(8-11)13-5-6-13/h7-9,13,15H,2-6,10H2,1H3. The number of aliphatic hydroxyl groups excluding tert-OH is 1. The molecule has 1 fully saturated rings. The van der Waals surface area contributed by atoms with Gasteiger partial charge in [-0.05, 0) is 48.3 Å². The monoisotopic (exact) mass is 204 g/mol. The first kappa shape index (κ1) is 10.7. The van der Waals surface area contributed by atoms with Gasteiger partial charge >= 0.3 is 0 Å². The quantitative estimate of drug-likeness (QED) is 0.779. The van der Waals surface area contributed by atoms with Gasteiger partial charge in [-0.25, -0.2) is 0 Å². The van der Waals surface area contributed by atoms with Crippen molar-refractivity contribution >= 4 is 0 Å². The van der Waals surface area contributed by atoms with Crippen LogP contribution in [-0.2, 0) is 13.0 Å². The van der Waals surface area contributed by atoms with Crippen LogP contribution in [0.2, 0.25) is 0 Å². The van der Waals surface area contributed by atoms with Crippen LogP contribution in [0.25, 0.3) is 0 Å². The zero-order chi connectivity index (χ0) is 10.7. The molecule has 0 amide bonds. The second-order valence-electron chi connectivity index (χ2n) is 4.62. The Morgan fingerprint density at radius 1 is 1.20 bits per heavy atom. The van der Waals surface area contributed by atoms with E-state index in [4.69, 9.17) is 0 Å². The molecule has 1 heteroatoms. The lowest BCUT2D eigenvalue weighted by atomic mass is 9.99. The maximum atomic E-state index is 9.21. The molecular formula is C14H20O. The van der Waals surface area contributed by atoms with Crippen LogP contribution < -0.4 is 0 Å². The van der Waals surface area contributed by atoms with Crippen molar-refractivity contribution in [3.63, 3.8) is 0 Å². The lowest BCUT2D eigenvalue weighted by molar-refractivity contribution is 0.281. The predicted octanol–water partition coefficient (Wildman–Crippen LogP) is 3.40. The second-order valence-corrected chi connectivity index (χ2v) is 4.62. The molecule has 0 spiro atoms. The number of hydrogen-bond donors (Lipinski definition) is 1. The molecule has 0 heterocycles. The Kier molecular flexibility index (Phi) is 3.42. The maximum Gasteiger partial charge on any atom is 0.0682 e. The van der Waals surface area contributed by atoms with E-state index < -0.39 is 0 Å². The Hall–Kier alpha value is -0.820. The smallest absolute Gasteiger partial charge is 0.0682 e. The van der Waals surface area contributed by atoms with Crippen molar-refractivity contribution in [1.29, 1.82) is 0 Å². The van der Waals surface area contributed by atoms with E-state index >= 15 is 0 Å². The Labute approximate surface area is 92.1 Å². The minimum Gasteiger partial charge on any atom is -0.392 e. The van der Waals surface area contributed by atoms with E-state index in [1.165, 1.54) is 36.8 Å². The fraction of sp³-hybridized carbons (Fsp3) is 0.571. The Morgan fingerprint density at radius 3 is 2.53 bits per heavy atom. The van der Waals surface area contributed by atoms with Crippen LogP contribution in [0, 0.1) is 0 Å². The van der Waals surface area contributed by atoms with Crippen LogP contribution in [0.15, 0.2) is 18.2 Å². The first-order valence-electron chi connectivity index (χ1n) is 6.07. The summed E-state index contributed by atoms with van der Waals surface area (Å²) in [7, 11) is 0. The zero-order valence-electron chi connectivity index (χ0n) is 9.50. The van der Waals surface area contributed by atoms with Gasteiger partial charge in [-0.1, -0.05) is 31.5 Å². The van der Waals surface area contributed by atoms with Crippen molar-refractivity contribution in [3.8, 4) is 0 Å². The van der Waals surface area contributed by atoms with Gasteiger partial charge in [-0.2, -0.15) is 0 Å². The topological polar surface area (TPSA) is 20.2 Å². The average molecular weight is 204 g/mol. The highest BCUT2D eigenvalue weighted by molar-refractivity contribution is 5.34. The summed E-state index contributed by atoms with van der Waals surface area (Å²) in [4.78, 5) is 0. The molecule has 2 rings (SSSR count). The van der Waals surface area contributed by atoms with Crippen LogP contribution in [0.4, 0.5) is 0 Å². The largest absolute Gasteiger partial charge is 0.392 e. The summed E-state index contributed by atoms with van der Waals surface area (Å²) in [5.41, 5.74) is 3.95. The van der Waals surface area contributed by atoms with Gasteiger partial charge in [-0.3, -0.25) is 0 Å². The zero-order valence-corrected chi connectivity index (χ0v) is 9.50. The van der Waals surface area contributed by atoms with Crippen molar-refractivity contribution in [2.24, 2.45) is 0 Å². The molecule has 1 nitrogen and oxygen atoms in total. The molecule has 0 atom stereocenters. The molecule has 1 N–H and O–H groups in total. The van der Waals surface area contributed by atoms with E-state index in [1.54, 1.807) is 0 Å². The SMILES string of the molecule is CCCCc1cc(CO)cc(C2CC2)c1. The first-order valence-corrected chi connectivity index (χ1v) is 6.07. The number of aliphatic hydroxyl groups is 1. The van der Waals surface area contributed by atoms with Gasteiger partial charge in [0, 0.05) is 0 Å². The molecular weight excluding hydrogens is 184 g/mol. The summed E-state index contributed by atoms with van der Waals surface area (Å²) in [6, 6.07) is 6.67. The Morgan fingerprint density at radius 2 is 1.93 bits per heavy atom. The summed E-state index contributed by atoms with van der Waals surface area (Å²) in [5.74, 6) is 0.789. The predicted molar refractivity (Wildman–Crippen MR) is 63.0 cm³/mol. The first-order chi connectivity index (χ1) is 7.33. The number of aryl methyl sites for hydroxylation is 1. The van der Waals surface area contributed by atoms with Gasteiger partial charge in [0.05, 0.1) is 6.61 Å². The van der Waals surface area contributed by atoms with Gasteiger partial charge in [0.25, 0.3) is 0 Å². The average Bonchev–Trinajstić information content (AvgIpc) is 3.09. The van der Waals surface area contributed by atoms with E-state index in [9.17, 15) is 5.11 Å². The van der Waals surface area contributed by atoms with Crippen molar-refractivity contribution in [3.05, 3.63) is 34.9 Å². The number of rotatable bonds is 5. The third kappa shape index (κ3) is 2.82. The van der Waals surface area contributed by atoms with Crippen LogP contribution in [-0.4, -0.2) is 5.11 Å². The van der Waals surface area contributed by atoms with Crippen LogP contribution in [0.3, 0.4) is 0 Å². The van der Waals surface area contributed by atoms with Crippen LogP contribution in [0.5, 0.6) is 0 Å². The Bertz CT molecular complexity index is 326. The normalized spacial score (nSPS) is 15.6. The molecule has 15 heavy (non-hydrogen) atoms. The van der Waals surface area contributed by atoms with Crippen molar-refractivity contribution < 1.29 is 5.11 Å². The molecule has 82 valence electrons. The molecule has 0 saturated heterocycles. The van der Waals surface area contributed by atoms with E-state index in [2.05, 4.69) is 25.1 Å². The molecule has 0 bridgehead atoms. The highest BCUT2D eigenvalue weighted by Crippen LogP contribution is 2.40. The summed E-state index contributed by atoms with van der Waals surface area (Å²) in [6.45, 7) is 2.40. The molecule has 1 aliphatic rings. The number of benzene rings is 1. The summed E-state index contributed by atoms with van der Waals surface area (Å²) in [6.07, 6.45) is 6.31. The van der Waals surface area contributed by atoms with Gasteiger partial charge < -0.3 is 5.11 Å². The van der Waals surface area contributed by atoms with Crippen LogP contribution >= 0.6 is 0 Å². The maximum absolute atomic E-state index is 9.21. The third-order valence-corrected chi connectivity index (χ3v) is 3.13. The number of unbranched alkanes of at least 4 members (excludes halogenated alkanes) is 1. The van der Waals surface area contributed by atoms with Crippen LogP contribution in [0.1, 0.15) is 55.2 Å². The van der Waals surface area contributed by atoms with Crippen molar-refractivity contribution in [2.45, 2.75) is 51.6 Å². The summed E-state index contributed by atoms with van der Waals surface area (Å²) < 4.78 is 0. The fourth-order valence-corrected chi connectivity index (χ4v) is 2.06. The van der Waals surface area contributed by atoms with Crippen molar-refractivity contribution in [2.75, 3.05) is 0 Å². The molecule has 0 aromatic heterocycles. The van der Waals surface area contributed by atoms with Gasteiger partial charge in [0.1, 0.15) is 0 Å². The fourth-order valence-electron chi connectivity index (χ4n) is 2.06. The second kappa shape index (κ2) is 4.80. The van der Waals surface area contributed by atoms with E-state index in [0.717, 1.165) is 17.9 Å². The molecule has 1 aliphatic carbocycles. The minimum absolute atomic E-state index is 0.180. The lowest BCUT2D eigenvalue weighted by Gasteiger charge is -2.07. The molecule has 1 aromatic rings. The lowest BCUT2D eigenvalue weighted by Crippen LogP contribution is -1.93. The molecule has 1 aromatic carbocycles. The van der Waals surface area contributed by atoms with Gasteiger partial charge in [0.15, 0.2) is 0 Å². The van der Waals surface area contributed by atoms with Crippen molar-refractivity contribution in [1.82, 2.24) is 0 Å². The molecule has 0 aliphatic heterocycles. The van der Waals surface area contributed by atoms with Gasteiger partial charge in [-0.15, -0.1) is 0 Å². The minimum atomic E-state index is 0.180. The van der Waals surface area contributed by atoms with Gasteiger partial charge in [0.2, 0.25) is 0 Å². The highest BCUT2D eigenvalue weighted by atomic mass is 16.3. The highest BCUT2D eigenvalue weighted by Gasteiger charge is 2.23. The number of hydrogen-bond acceptors (Lipinski definition) is 1. The van der Waals surface area contributed by atoms with E-state index in [-0.39, 0.29) is 6.61 Å². The molecule has 0 unspecified atom stereocenters. The molecule has 1 saturated carbocycles. The third-order valence-electron chi connectivity index (χ3n) is 3.13. The summed E-state index contributed by atoms with van der Waals surface area (Å²) >= 11 is 0. The van der Waals surface area contributed by atoms with E-state index in [1.807, 2.05) is 0 Å². The van der Waals surface area contributed by atoms with E-state index in [0.29, 0.717) is 0 Å². The summed E-state index contributed by atoms with van der Waals surface area (Å²) in [5, 5.41) is 9.21. The Balaban J connectivity index is 2.16.